The number of nitriles is 1. The van der Waals surface area contributed by atoms with Crippen LogP contribution in [0.5, 0.6) is 0 Å². The Morgan fingerprint density at radius 2 is 2.14 bits per heavy atom. The molecule has 1 amide bonds. The third-order valence-corrected chi connectivity index (χ3v) is 1.66. The van der Waals surface area contributed by atoms with Gasteiger partial charge < -0.3 is 0 Å². The van der Waals surface area contributed by atoms with Gasteiger partial charge in [-0.05, 0) is 17.7 Å². The summed E-state index contributed by atoms with van der Waals surface area (Å²) in [5.41, 5.74) is 3.65. The Labute approximate surface area is 82.1 Å². The fourth-order valence-corrected chi connectivity index (χ4v) is 1.03. The van der Waals surface area contributed by atoms with Crippen molar-refractivity contribution in [1.29, 1.82) is 5.26 Å². The van der Waals surface area contributed by atoms with Gasteiger partial charge in [0.05, 0.1) is 25.2 Å². The molecule has 0 spiro atoms. The lowest BCUT2D eigenvalue weighted by Crippen LogP contribution is -2.23. The van der Waals surface area contributed by atoms with Crippen LogP contribution in [0.3, 0.4) is 0 Å². The van der Waals surface area contributed by atoms with Crippen LogP contribution in [-0.2, 0) is 16.1 Å². The number of nitrogens with zero attached hydrogens (tertiary/aromatic N) is 1. The molecule has 4 nitrogen and oxygen atoms in total. The Bertz CT molecular complexity index is 351. The van der Waals surface area contributed by atoms with E-state index in [1.165, 1.54) is 7.11 Å². The van der Waals surface area contributed by atoms with Crippen LogP contribution in [0.15, 0.2) is 24.3 Å². The quantitative estimate of drug-likeness (QED) is 0.716. The molecule has 1 aromatic carbocycles. The van der Waals surface area contributed by atoms with Crippen LogP contribution in [0.25, 0.3) is 0 Å². The van der Waals surface area contributed by atoms with E-state index in [-0.39, 0.29) is 12.3 Å². The summed E-state index contributed by atoms with van der Waals surface area (Å²) in [7, 11) is 1.39. The van der Waals surface area contributed by atoms with E-state index >= 15 is 0 Å². The average Bonchev–Trinajstić information content (AvgIpc) is 2.19. The molecule has 0 unspecified atom stereocenters. The summed E-state index contributed by atoms with van der Waals surface area (Å²) in [4.78, 5) is 15.5. The Kier molecular flexibility index (Phi) is 3.65. The number of benzene rings is 1. The highest BCUT2D eigenvalue weighted by molar-refractivity contribution is 5.77. The molecule has 0 saturated heterocycles. The monoisotopic (exact) mass is 190 g/mol. The number of carbonyl (C=O) groups excluding carboxylic acids is 1. The molecule has 0 aliphatic rings. The molecule has 0 radical (unpaired) electrons. The molecule has 1 N–H and O–H groups in total. The van der Waals surface area contributed by atoms with Gasteiger partial charge in [-0.2, -0.15) is 5.26 Å². The molecule has 4 heteroatoms. The Hall–Kier alpha value is -1.86. The predicted octanol–water partition coefficient (Wildman–Crippen LogP) is 0.778. The number of rotatable bonds is 3. The fourth-order valence-electron chi connectivity index (χ4n) is 1.03. The van der Waals surface area contributed by atoms with Crippen LogP contribution >= 0.6 is 0 Å². The van der Waals surface area contributed by atoms with Gasteiger partial charge in [0, 0.05) is 0 Å². The van der Waals surface area contributed by atoms with Crippen molar-refractivity contribution in [2.45, 2.75) is 6.42 Å². The Balaban J connectivity index is 2.61. The van der Waals surface area contributed by atoms with Crippen molar-refractivity contribution in [2.24, 2.45) is 0 Å². The maximum absolute atomic E-state index is 11.1. The van der Waals surface area contributed by atoms with Crippen LogP contribution in [-0.4, -0.2) is 13.0 Å². The summed E-state index contributed by atoms with van der Waals surface area (Å²) in [5, 5.41) is 8.55. The molecule has 0 saturated carbocycles. The van der Waals surface area contributed by atoms with Gasteiger partial charge in [0.1, 0.15) is 0 Å². The number of hydrogen-bond acceptors (Lipinski definition) is 3. The zero-order valence-electron chi connectivity index (χ0n) is 7.78. The van der Waals surface area contributed by atoms with Gasteiger partial charge in [0.25, 0.3) is 0 Å². The summed E-state index contributed by atoms with van der Waals surface area (Å²) in [6, 6.07) is 8.85. The summed E-state index contributed by atoms with van der Waals surface area (Å²) >= 11 is 0. The van der Waals surface area contributed by atoms with Gasteiger partial charge >= 0.3 is 0 Å². The molecular weight excluding hydrogens is 180 g/mol. The number of carbonyl (C=O) groups is 1. The van der Waals surface area contributed by atoms with Crippen LogP contribution < -0.4 is 5.48 Å². The highest BCUT2D eigenvalue weighted by Crippen LogP contribution is 2.03. The van der Waals surface area contributed by atoms with E-state index in [1.807, 2.05) is 6.07 Å². The fraction of sp³-hybridized carbons (Fsp3) is 0.200. The van der Waals surface area contributed by atoms with E-state index in [0.717, 1.165) is 5.56 Å². The zero-order chi connectivity index (χ0) is 10.4. The van der Waals surface area contributed by atoms with Crippen molar-refractivity contribution >= 4 is 5.91 Å². The second-order valence-corrected chi connectivity index (χ2v) is 2.71. The summed E-state index contributed by atoms with van der Waals surface area (Å²) in [6.45, 7) is 0. The van der Waals surface area contributed by atoms with Crippen LogP contribution in [0.4, 0.5) is 0 Å². The SMILES string of the molecule is CONC(=O)Cc1ccc(C#N)cc1. The predicted molar refractivity (Wildman–Crippen MR) is 50.0 cm³/mol. The minimum Gasteiger partial charge on any atom is -0.277 e. The largest absolute Gasteiger partial charge is 0.277 e. The first-order valence-electron chi connectivity index (χ1n) is 4.07. The molecule has 1 aromatic rings. The standard InChI is InChI=1S/C10H10N2O2/c1-14-12-10(13)6-8-2-4-9(7-11)5-3-8/h2-5H,6H2,1H3,(H,12,13). The van der Waals surface area contributed by atoms with Gasteiger partial charge in [-0.25, -0.2) is 5.48 Å². The smallest absolute Gasteiger partial charge is 0.247 e. The van der Waals surface area contributed by atoms with E-state index < -0.39 is 0 Å². The highest BCUT2D eigenvalue weighted by Gasteiger charge is 2.01. The lowest BCUT2D eigenvalue weighted by molar-refractivity contribution is -0.130. The second kappa shape index (κ2) is 5.00. The summed E-state index contributed by atoms with van der Waals surface area (Å²) < 4.78 is 0. The van der Waals surface area contributed by atoms with Crippen molar-refractivity contribution in [3.63, 3.8) is 0 Å². The molecule has 14 heavy (non-hydrogen) atoms. The lowest BCUT2D eigenvalue weighted by atomic mass is 10.1. The zero-order valence-corrected chi connectivity index (χ0v) is 7.78. The third kappa shape index (κ3) is 2.88. The second-order valence-electron chi connectivity index (χ2n) is 2.71. The Morgan fingerprint density at radius 3 is 2.64 bits per heavy atom. The average molecular weight is 190 g/mol. The van der Waals surface area contributed by atoms with Crippen molar-refractivity contribution in [3.05, 3.63) is 35.4 Å². The minimum atomic E-state index is -0.211. The number of hydroxylamine groups is 1. The molecule has 0 heterocycles. The number of hydrogen-bond donors (Lipinski definition) is 1. The van der Waals surface area contributed by atoms with Crippen molar-refractivity contribution < 1.29 is 9.63 Å². The molecule has 0 atom stereocenters. The third-order valence-electron chi connectivity index (χ3n) is 1.66. The molecule has 1 rings (SSSR count). The minimum absolute atomic E-state index is 0.211. The first kappa shape index (κ1) is 10.2. The van der Waals surface area contributed by atoms with E-state index in [4.69, 9.17) is 5.26 Å². The number of nitrogens with one attached hydrogen (secondary N) is 1. The van der Waals surface area contributed by atoms with E-state index in [1.54, 1.807) is 24.3 Å². The van der Waals surface area contributed by atoms with Crippen LogP contribution in [0.2, 0.25) is 0 Å². The molecule has 0 aromatic heterocycles. The van der Waals surface area contributed by atoms with Crippen molar-refractivity contribution in [1.82, 2.24) is 5.48 Å². The van der Waals surface area contributed by atoms with Gasteiger partial charge in [-0.3, -0.25) is 9.63 Å². The summed E-state index contributed by atoms with van der Waals surface area (Å²) in [5.74, 6) is -0.211. The topological polar surface area (TPSA) is 62.1 Å². The number of amides is 1. The molecule has 0 aliphatic heterocycles. The van der Waals surface area contributed by atoms with E-state index in [2.05, 4.69) is 10.3 Å². The molecule has 0 fully saturated rings. The Morgan fingerprint density at radius 1 is 1.50 bits per heavy atom. The van der Waals surface area contributed by atoms with Crippen LogP contribution in [0.1, 0.15) is 11.1 Å². The summed E-state index contributed by atoms with van der Waals surface area (Å²) in [6.07, 6.45) is 0.250. The van der Waals surface area contributed by atoms with Gasteiger partial charge in [0.15, 0.2) is 0 Å². The molecular formula is C10H10N2O2. The lowest BCUT2D eigenvalue weighted by Gasteiger charge is -2.01. The maximum Gasteiger partial charge on any atom is 0.247 e. The van der Waals surface area contributed by atoms with Gasteiger partial charge in [-0.15, -0.1) is 0 Å². The highest BCUT2D eigenvalue weighted by atomic mass is 16.6. The normalized spacial score (nSPS) is 9.14. The van der Waals surface area contributed by atoms with E-state index in [9.17, 15) is 4.79 Å². The van der Waals surface area contributed by atoms with Crippen LogP contribution in [0, 0.1) is 11.3 Å². The van der Waals surface area contributed by atoms with E-state index in [0.29, 0.717) is 5.56 Å². The molecule has 0 aliphatic carbocycles. The van der Waals surface area contributed by atoms with Crippen molar-refractivity contribution in [3.8, 4) is 6.07 Å². The van der Waals surface area contributed by atoms with Crippen molar-refractivity contribution in [2.75, 3.05) is 7.11 Å². The first-order valence-corrected chi connectivity index (χ1v) is 4.07. The molecule has 72 valence electrons. The molecule has 0 bridgehead atoms. The van der Waals surface area contributed by atoms with Gasteiger partial charge in [-0.1, -0.05) is 12.1 Å². The first-order chi connectivity index (χ1) is 6.76. The maximum atomic E-state index is 11.1. The van der Waals surface area contributed by atoms with Gasteiger partial charge in [0.2, 0.25) is 5.91 Å².